The van der Waals surface area contributed by atoms with E-state index >= 15 is 0 Å². The molecule has 0 aliphatic carbocycles. The van der Waals surface area contributed by atoms with Gasteiger partial charge in [-0.1, -0.05) is 50.2 Å². The first-order valence-electron chi connectivity index (χ1n) is 8.22. The van der Waals surface area contributed by atoms with Gasteiger partial charge in [-0.25, -0.2) is 0 Å². The monoisotopic (exact) mass is 360 g/mol. The maximum absolute atomic E-state index is 5.88. The third-order valence-corrected chi connectivity index (χ3v) is 6.67. The lowest BCUT2D eigenvalue weighted by atomic mass is 10.3. The van der Waals surface area contributed by atoms with Crippen molar-refractivity contribution >= 4 is 29.6 Å². The topological polar surface area (TPSA) is 36.9 Å². The van der Waals surface area contributed by atoms with Crippen molar-refractivity contribution in [1.29, 1.82) is 0 Å². The van der Waals surface area contributed by atoms with Crippen LogP contribution in [0.15, 0.2) is 60.7 Å². The molecule has 0 aliphatic rings. The van der Waals surface area contributed by atoms with E-state index in [1.807, 2.05) is 60.7 Å². The summed E-state index contributed by atoms with van der Waals surface area (Å²) in [6.07, 6.45) is 0. The van der Waals surface area contributed by atoms with Crippen molar-refractivity contribution in [3.8, 4) is 11.5 Å². The molecule has 6 heteroatoms. The molecule has 0 saturated heterocycles. The Morgan fingerprint density at radius 3 is 1.25 bits per heavy atom. The van der Waals surface area contributed by atoms with E-state index in [0.29, 0.717) is 0 Å². The van der Waals surface area contributed by atoms with Crippen LogP contribution in [-0.4, -0.2) is 43.9 Å². The summed E-state index contributed by atoms with van der Waals surface area (Å²) in [5.74, 6) is 1.78. The first-order valence-corrected chi connectivity index (χ1v) is 11.7. The van der Waals surface area contributed by atoms with Crippen molar-refractivity contribution in [3.63, 3.8) is 0 Å². The summed E-state index contributed by atoms with van der Waals surface area (Å²) >= 11 is -2.84. The van der Waals surface area contributed by atoms with E-state index in [4.69, 9.17) is 15.2 Å². The molecule has 0 atom stereocenters. The molecule has 0 aromatic heterocycles. The van der Waals surface area contributed by atoms with E-state index in [0.717, 1.165) is 22.1 Å². The highest BCUT2D eigenvalue weighted by Crippen LogP contribution is 2.15. The first kappa shape index (κ1) is 21.1. The lowest BCUT2D eigenvalue weighted by Crippen LogP contribution is -2.28. The molecule has 0 saturated carbocycles. The molecule has 128 valence electrons. The highest BCUT2D eigenvalue weighted by atomic mass is 27.2. The van der Waals surface area contributed by atoms with Gasteiger partial charge in [-0.15, -0.1) is 0 Å². The zero-order valence-electron chi connectivity index (χ0n) is 15.0. The fourth-order valence-corrected chi connectivity index (χ4v) is 4.08. The number of rotatable bonds is 8. The Kier molecular flexibility index (Phi) is 11.7. The van der Waals surface area contributed by atoms with Crippen molar-refractivity contribution in [3.05, 3.63) is 60.7 Å². The lowest BCUT2D eigenvalue weighted by Gasteiger charge is -2.15. The van der Waals surface area contributed by atoms with Crippen LogP contribution in [-0.2, 0) is 7.58 Å². The van der Waals surface area contributed by atoms with Crippen LogP contribution in [0.5, 0.6) is 11.5 Å². The molecule has 2 aromatic carbocycles. The van der Waals surface area contributed by atoms with Gasteiger partial charge in [0.05, 0.1) is 11.5 Å². The average Bonchev–Trinajstić information content (AvgIpc) is 2.65. The normalized spacial score (nSPS) is 9.50. The second-order valence-corrected chi connectivity index (χ2v) is 9.77. The fraction of sp³-hybridized carbons (Fsp3) is 0.333. The Labute approximate surface area is 155 Å². The second kappa shape index (κ2) is 13.3. The van der Waals surface area contributed by atoms with Gasteiger partial charge < -0.3 is 15.2 Å². The third kappa shape index (κ3) is 8.76. The molecular weight excluding hydrogens is 334 g/mol. The van der Waals surface area contributed by atoms with Gasteiger partial charge in [-0.3, -0.25) is 0 Å². The Morgan fingerprint density at radius 1 is 0.625 bits per heavy atom. The van der Waals surface area contributed by atoms with Crippen molar-refractivity contribution in [2.45, 2.75) is 24.4 Å². The molecule has 4 nitrogen and oxygen atoms in total. The zero-order chi connectivity index (χ0) is 17.6. The van der Waals surface area contributed by atoms with Crippen LogP contribution in [0.4, 0.5) is 0 Å². The van der Waals surface area contributed by atoms with Crippen LogP contribution < -0.4 is 7.58 Å². The minimum Gasteiger partial charge on any atom is -0.612 e. The van der Waals surface area contributed by atoms with Crippen LogP contribution in [0.3, 0.4) is 0 Å². The van der Waals surface area contributed by atoms with Crippen LogP contribution in [0.25, 0.3) is 0 Å². The summed E-state index contributed by atoms with van der Waals surface area (Å²) in [6.45, 7) is 4.17. The van der Waals surface area contributed by atoms with Crippen LogP contribution >= 0.6 is 0 Å². The van der Waals surface area contributed by atoms with Gasteiger partial charge in [0.25, 0.3) is 0 Å². The molecule has 0 amide bonds. The molecule has 0 bridgehead atoms. The molecule has 0 radical (unpaired) electrons. The summed E-state index contributed by atoms with van der Waals surface area (Å²) in [5, 5.41) is 1.98. The van der Waals surface area contributed by atoms with Crippen molar-refractivity contribution in [2.75, 3.05) is 14.2 Å². The largest absolute Gasteiger partial charge is 0.856 e. The Morgan fingerprint density at radius 2 is 1.00 bits per heavy atom. The summed E-state index contributed by atoms with van der Waals surface area (Å²) in [4.78, 5) is 0. The quantitative estimate of drug-likeness (QED) is 0.652. The maximum Gasteiger partial charge on any atom is 0.856 e. The van der Waals surface area contributed by atoms with Crippen molar-refractivity contribution in [1.82, 2.24) is 0 Å². The molecule has 0 fully saturated rings. The molecule has 2 aromatic rings. The summed E-state index contributed by atoms with van der Waals surface area (Å²) in [6, 6.07) is 19.7. The highest BCUT2D eigenvalue weighted by Gasteiger charge is 2.29. The molecule has 2 rings (SSSR count). The van der Waals surface area contributed by atoms with Gasteiger partial charge >= 0.3 is 29.6 Å². The molecule has 0 N–H and O–H groups in total. The zero-order valence-corrected chi connectivity index (χ0v) is 17.3. The predicted octanol–water partition coefficient (Wildman–Crippen LogP) is 4.44. The van der Waals surface area contributed by atoms with Crippen LogP contribution in [0.2, 0.25) is 10.6 Å². The number of para-hydroxylation sites is 2. The SMILES string of the molecule is C[CH2][Al]([O]C)[O]C.C[CH2][Al]([O]c1ccccc1)[O]c1ccccc1. The van der Waals surface area contributed by atoms with E-state index < -0.39 is 29.6 Å². The minimum absolute atomic E-state index is 0.891. The van der Waals surface area contributed by atoms with E-state index in [9.17, 15) is 0 Å². The standard InChI is InChI=1S/2C6H6O.2C2H5.2CH3O.2Al/c2*7-6-4-2-1-3-5-6;4*1-2;;/h2*1-5,7H;2*1H2,2H3;2*1H3;;/q;;;;2*-1;2*+2/p-2. The Bertz CT molecular complexity index is 474. The van der Waals surface area contributed by atoms with Gasteiger partial charge in [0, 0.05) is 14.2 Å². The fourth-order valence-electron chi connectivity index (χ4n) is 1.92. The maximum atomic E-state index is 5.88. The highest BCUT2D eigenvalue weighted by molar-refractivity contribution is 6.46. The Balaban J connectivity index is 0.000000351. The van der Waals surface area contributed by atoms with Gasteiger partial charge in [-0.2, -0.15) is 0 Å². The predicted molar refractivity (Wildman–Crippen MR) is 101 cm³/mol. The smallest absolute Gasteiger partial charge is 0.612 e. The van der Waals surface area contributed by atoms with Crippen LogP contribution in [0, 0.1) is 0 Å². The summed E-state index contributed by atoms with van der Waals surface area (Å²) < 4.78 is 21.7. The van der Waals surface area contributed by atoms with E-state index in [1.54, 1.807) is 14.2 Å². The molecule has 24 heavy (non-hydrogen) atoms. The number of benzene rings is 2. The van der Waals surface area contributed by atoms with Gasteiger partial charge in [0.2, 0.25) is 0 Å². The summed E-state index contributed by atoms with van der Waals surface area (Å²) in [5.41, 5.74) is 0. The third-order valence-electron chi connectivity index (χ3n) is 3.21. The average molecular weight is 360 g/mol. The Hall–Kier alpha value is -0.975. The number of hydrogen-bond acceptors (Lipinski definition) is 4. The van der Waals surface area contributed by atoms with E-state index in [2.05, 4.69) is 13.8 Å². The van der Waals surface area contributed by atoms with Gasteiger partial charge in [0.15, 0.2) is 0 Å². The van der Waals surface area contributed by atoms with E-state index in [-0.39, 0.29) is 0 Å². The molecule has 0 heterocycles. The minimum atomic E-state index is -1.67. The number of hydrogen-bond donors (Lipinski definition) is 0. The van der Waals surface area contributed by atoms with Crippen LogP contribution in [0.1, 0.15) is 13.8 Å². The van der Waals surface area contributed by atoms with Gasteiger partial charge in [0.1, 0.15) is 0 Å². The summed E-state index contributed by atoms with van der Waals surface area (Å²) in [7, 11) is 3.40. The van der Waals surface area contributed by atoms with E-state index in [1.165, 1.54) is 0 Å². The van der Waals surface area contributed by atoms with Crippen molar-refractivity contribution in [2.24, 2.45) is 0 Å². The second-order valence-electron chi connectivity index (χ2n) is 5.01. The first-order chi connectivity index (χ1) is 11.7. The molecule has 0 unspecified atom stereocenters. The van der Waals surface area contributed by atoms with Gasteiger partial charge in [-0.05, 0) is 34.8 Å². The van der Waals surface area contributed by atoms with Crippen molar-refractivity contribution < 1.29 is 15.2 Å². The molecular formula is C18H26Al2O4. The molecule has 0 aliphatic heterocycles. The molecule has 0 spiro atoms. The lowest BCUT2D eigenvalue weighted by molar-refractivity contribution is 0.279.